The van der Waals surface area contributed by atoms with E-state index in [2.05, 4.69) is 16.2 Å². The van der Waals surface area contributed by atoms with Gasteiger partial charge in [-0.1, -0.05) is 54.1 Å². The Kier molecular flexibility index (Phi) is 10.3. The van der Waals surface area contributed by atoms with E-state index in [1.807, 2.05) is 66.7 Å². The van der Waals surface area contributed by atoms with E-state index < -0.39 is 11.9 Å². The predicted octanol–water partition coefficient (Wildman–Crippen LogP) is 6.54. The summed E-state index contributed by atoms with van der Waals surface area (Å²) in [7, 11) is 1.61. The second-order valence-electron chi connectivity index (χ2n) is 9.54. The molecule has 0 aliphatic rings. The molecular formula is C32H32N2O7. The van der Waals surface area contributed by atoms with Crippen molar-refractivity contribution in [2.45, 2.75) is 38.7 Å². The first kappa shape index (κ1) is 29.1. The highest BCUT2D eigenvalue weighted by Gasteiger charge is 2.12. The van der Waals surface area contributed by atoms with Crippen LogP contribution in [0.4, 0.5) is 0 Å². The fourth-order valence-electron chi connectivity index (χ4n) is 4.33. The van der Waals surface area contributed by atoms with Crippen molar-refractivity contribution in [3.05, 3.63) is 101 Å². The van der Waals surface area contributed by atoms with E-state index in [-0.39, 0.29) is 24.5 Å². The van der Waals surface area contributed by atoms with Crippen molar-refractivity contribution in [1.29, 1.82) is 0 Å². The molecule has 1 aromatic heterocycles. The van der Waals surface area contributed by atoms with Gasteiger partial charge in [-0.05, 0) is 73.2 Å². The molecule has 0 fully saturated rings. The Hall–Kier alpha value is -4.92. The number of allylic oxidation sites excluding steroid dienone is 1. The molecule has 0 spiro atoms. The number of unbranched alkanes of at least 4 members (excludes halogenated alkanes) is 1. The van der Waals surface area contributed by atoms with Crippen molar-refractivity contribution < 1.29 is 33.8 Å². The number of benzene rings is 3. The number of para-hydroxylation sites is 1. The van der Waals surface area contributed by atoms with Crippen LogP contribution in [-0.4, -0.2) is 39.4 Å². The molecule has 9 heteroatoms. The average molecular weight is 557 g/mol. The number of carbonyl (C=O) groups is 2. The van der Waals surface area contributed by atoms with Gasteiger partial charge < -0.3 is 24.2 Å². The Morgan fingerprint density at radius 1 is 0.976 bits per heavy atom. The lowest BCUT2D eigenvalue weighted by Crippen LogP contribution is -2.04. The minimum atomic E-state index is -0.962. The fraction of sp³-hybridized carbons (Fsp3) is 0.250. The SMILES string of the molecule is COc1ccc(-c2nc(COc3ccccc3/C=C/C(CCCCC(=O)O)Cc3ccc(C(=O)O)cc3)no2)cc1. The first-order valence-corrected chi connectivity index (χ1v) is 13.3. The number of carboxylic acids is 2. The topological polar surface area (TPSA) is 132 Å². The highest BCUT2D eigenvalue weighted by molar-refractivity contribution is 5.87. The normalized spacial score (nSPS) is 11.8. The van der Waals surface area contributed by atoms with Crippen LogP contribution in [0.1, 0.15) is 53.0 Å². The Morgan fingerprint density at radius 3 is 2.44 bits per heavy atom. The predicted molar refractivity (Wildman–Crippen MR) is 153 cm³/mol. The molecule has 4 aromatic rings. The highest BCUT2D eigenvalue weighted by Crippen LogP contribution is 2.25. The number of ether oxygens (including phenoxy) is 2. The summed E-state index contributed by atoms with van der Waals surface area (Å²) >= 11 is 0. The number of aromatic carboxylic acids is 1. The Bertz CT molecular complexity index is 1460. The quantitative estimate of drug-likeness (QED) is 0.157. The fourth-order valence-corrected chi connectivity index (χ4v) is 4.33. The molecule has 0 radical (unpaired) electrons. The molecule has 0 aliphatic heterocycles. The van der Waals surface area contributed by atoms with Crippen molar-refractivity contribution >= 4 is 18.0 Å². The number of carboxylic acid groups (broad SMARTS) is 2. The zero-order chi connectivity index (χ0) is 29.0. The average Bonchev–Trinajstić information content (AvgIpc) is 3.46. The zero-order valence-corrected chi connectivity index (χ0v) is 22.7. The molecule has 2 N–H and O–H groups in total. The van der Waals surface area contributed by atoms with Crippen LogP contribution < -0.4 is 9.47 Å². The third-order valence-corrected chi connectivity index (χ3v) is 6.54. The molecule has 1 unspecified atom stereocenters. The standard InChI is InChI=1S/C32H32N2O7/c1-39-27-18-16-25(17-19-27)31-33-29(34-41-31)21-40-28-8-4-3-7-24(28)13-10-22(6-2-5-9-30(35)36)20-23-11-14-26(15-12-23)32(37)38/h3-4,7-8,10-19,22H,2,5-6,9,20-21H2,1H3,(H,35,36)(H,37,38)/b13-10+. The molecular weight excluding hydrogens is 524 g/mol. The lowest BCUT2D eigenvalue weighted by atomic mass is 9.92. The van der Waals surface area contributed by atoms with Crippen molar-refractivity contribution in [3.63, 3.8) is 0 Å². The summed E-state index contributed by atoms with van der Waals surface area (Å²) in [6.45, 7) is 0.124. The van der Waals surface area contributed by atoms with Crippen molar-refractivity contribution in [2.24, 2.45) is 5.92 Å². The summed E-state index contributed by atoms with van der Waals surface area (Å²) in [5, 5.41) is 22.2. The number of nitrogens with zero attached hydrogens (tertiary/aromatic N) is 2. The molecule has 0 aliphatic carbocycles. The maximum atomic E-state index is 11.2. The third-order valence-electron chi connectivity index (χ3n) is 6.54. The molecule has 0 bridgehead atoms. The molecule has 9 nitrogen and oxygen atoms in total. The van der Waals surface area contributed by atoms with Gasteiger partial charge in [-0.15, -0.1) is 0 Å². The van der Waals surface area contributed by atoms with Crippen molar-refractivity contribution in [2.75, 3.05) is 7.11 Å². The summed E-state index contributed by atoms with van der Waals surface area (Å²) < 4.78 is 16.6. The molecule has 0 saturated heterocycles. The van der Waals surface area contributed by atoms with Gasteiger partial charge >= 0.3 is 11.9 Å². The Balaban J connectivity index is 1.43. The van der Waals surface area contributed by atoms with Gasteiger partial charge in [-0.2, -0.15) is 4.98 Å². The molecule has 4 rings (SSSR count). The van der Waals surface area contributed by atoms with Gasteiger partial charge in [0.1, 0.15) is 11.5 Å². The van der Waals surface area contributed by atoms with Gasteiger partial charge in [-0.3, -0.25) is 4.79 Å². The number of rotatable bonds is 15. The van der Waals surface area contributed by atoms with E-state index in [0.717, 1.165) is 35.3 Å². The van der Waals surface area contributed by atoms with Gasteiger partial charge in [0.2, 0.25) is 5.82 Å². The molecule has 1 heterocycles. The zero-order valence-electron chi connectivity index (χ0n) is 22.7. The first-order valence-electron chi connectivity index (χ1n) is 13.3. The summed E-state index contributed by atoms with van der Waals surface area (Å²) in [5.41, 5.74) is 2.91. The summed E-state index contributed by atoms with van der Waals surface area (Å²) in [4.78, 5) is 26.6. The smallest absolute Gasteiger partial charge is 0.335 e. The lowest BCUT2D eigenvalue weighted by molar-refractivity contribution is -0.137. The van der Waals surface area contributed by atoms with Gasteiger partial charge in [-0.25, -0.2) is 4.79 Å². The van der Waals surface area contributed by atoms with E-state index in [4.69, 9.17) is 19.1 Å². The maximum Gasteiger partial charge on any atom is 0.335 e. The van der Waals surface area contributed by atoms with E-state index >= 15 is 0 Å². The van der Waals surface area contributed by atoms with E-state index in [1.54, 1.807) is 19.2 Å². The minimum Gasteiger partial charge on any atom is -0.497 e. The minimum absolute atomic E-state index is 0.122. The molecule has 1 atom stereocenters. The van der Waals surface area contributed by atoms with Crippen LogP contribution in [0.5, 0.6) is 11.5 Å². The first-order chi connectivity index (χ1) is 19.9. The van der Waals surface area contributed by atoms with Crippen LogP contribution in [0.3, 0.4) is 0 Å². The maximum absolute atomic E-state index is 11.2. The summed E-state index contributed by atoms with van der Waals surface area (Å²) in [5.74, 6) is 0.560. The number of hydrogen-bond donors (Lipinski definition) is 2. The second kappa shape index (κ2) is 14.5. The van der Waals surface area contributed by atoms with Crippen LogP contribution in [0.2, 0.25) is 0 Å². The van der Waals surface area contributed by atoms with Gasteiger partial charge in [0.05, 0.1) is 12.7 Å². The summed E-state index contributed by atoms with van der Waals surface area (Å²) in [6.07, 6.45) is 7.10. The second-order valence-corrected chi connectivity index (χ2v) is 9.54. The van der Waals surface area contributed by atoms with Crippen molar-refractivity contribution in [1.82, 2.24) is 10.1 Å². The van der Waals surface area contributed by atoms with Crippen LogP contribution >= 0.6 is 0 Å². The largest absolute Gasteiger partial charge is 0.497 e. The third kappa shape index (κ3) is 8.79. The van der Waals surface area contributed by atoms with Crippen LogP contribution in [0, 0.1) is 5.92 Å². The van der Waals surface area contributed by atoms with Crippen LogP contribution in [-0.2, 0) is 17.8 Å². The van der Waals surface area contributed by atoms with E-state index in [1.165, 1.54) is 0 Å². The van der Waals surface area contributed by atoms with Crippen LogP contribution in [0.25, 0.3) is 17.5 Å². The molecule has 41 heavy (non-hydrogen) atoms. The highest BCUT2D eigenvalue weighted by atomic mass is 16.5. The molecule has 3 aromatic carbocycles. The number of methoxy groups -OCH3 is 1. The number of hydrogen-bond acceptors (Lipinski definition) is 7. The van der Waals surface area contributed by atoms with Gasteiger partial charge in [0, 0.05) is 17.5 Å². The molecule has 0 saturated carbocycles. The monoisotopic (exact) mass is 556 g/mol. The Morgan fingerprint density at radius 2 is 1.73 bits per heavy atom. The van der Waals surface area contributed by atoms with Crippen molar-refractivity contribution in [3.8, 4) is 23.0 Å². The Labute approximate surface area is 238 Å². The van der Waals surface area contributed by atoms with Gasteiger partial charge in [0.25, 0.3) is 5.89 Å². The summed E-state index contributed by atoms with van der Waals surface area (Å²) in [6, 6.07) is 21.8. The molecule has 212 valence electrons. The van der Waals surface area contributed by atoms with E-state index in [0.29, 0.717) is 30.3 Å². The number of aliphatic carboxylic acids is 1. The molecule has 0 amide bonds. The lowest BCUT2D eigenvalue weighted by Gasteiger charge is -2.14. The number of aromatic nitrogens is 2. The van der Waals surface area contributed by atoms with Crippen LogP contribution in [0.15, 0.2) is 83.4 Å². The van der Waals surface area contributed by atoms with E-state index in [9.17, 15) is 14.7 Å². The van der Waals surface area contributed by atoms with Gasteiger partial charge in [0.15, 0.2) is 6.61 Å².